The third-order valence-electron chi connectivity index (χ3n) is 4.71. The fraction of sp³-hybridized carbons (Fsp3) is 1.00. The first-order valence-corrected chi connectivity index (χ1v) is 7.48. The number of hydrogen-bond donors (Lipinski definition) is 1. The van der Waals surface area contributed by atoms with E-state index in [4.69, 9.17) is 4.74 Å². The largest absolute Gasteiger partial charge is 0.380 e. The van der Waals surface area contributed by atoms with Crippen molar-refractivity contribution in [3.05, 3.63) is 0 Å². The zero-order chi connectivity index (χ0) is 13.3. The topological polar surface area (TPSA) is 24.5 Å². The molecule has 18 heavy (non-hydrogen) atoms. The second-order valence-electron chi connectivity index (χ2n) is 7.02. The molecular weight excluding hydrogens is 224 g/mol. The lowest BCUT2D eigenvalue weighted by Crippen LogP contribution is -2.66. The summed E-state index contributed by atoms with van der Waals surface area (Å²) < 4.78 is 5.71. The Morgan fingerprint density at radius 3 is 2.61 bits per heavy atom. The molecule has 3 atom stereocenters. The van der Waals surface area contributed by atoms with E-state index in [1.54, 1.807) is 0 Å². The zero-order valence-electron chi connectivity index (χ0n) is 12.7. The highest BCUT2D eigenvalue weighted by molar-refractivity contribution is 4.99. The molecule has 1 heterocycles. The number of ether oxygens (including phenoxy) is 1. The van der Waals surface area contributed by atoms with Gasteiger partial charge in [0.2, 0.25) is 0 Å². The highest BCUT2D eigenvalue weighted by Gasteiger charge is 2.41. The second-order valence-corrected chi connectivity index (χ2v) is 7.02. The normalized spacial score (nSPS) is 37.3. The van der Waals surface area contributed by atoms with Gasteiger partial charge in [0.1, 0.15) is 0 Å². The van der Waals surface area contributed by atoms with Gasteiger partial charge in [-0.25, -0.2) is 0 Å². The Morgan fingerprint density at radius 2 is 2.00 bits per heavy atom. The molecule has 0 bridgehead atoms. The predicted molar refractivity (Wildman–Crippen MR) is 75.8 cm³/mol. The van der Waals surface area contributed by atoms with Crippen LogP contribution in [-0.4, -0.2) is 48.8 Å². The van der Waals surface area contributed by atoms with Crippen molar-refractivity contribution in [3.8, 4) is 0 Å². The number of methoxy groups -OCH3 is 1. The fourth-order valence-electron chi connectivity index (χ4n) is 3.67. The minimum absolute atomic E-state index is 0.228. The van der Waals surface area contributed by atoms with Crippen LogP contribution < -0.4 is 5.32 Å². The van der Waals surface area contributed by atoms with Crippen molar-refractivity contribution in [2.45, 2.75) is 70.7 Å². The van der Waals surface area contributed by atoms with Crippen LogP contribution >= 0.6 is 0 Å². The van der Waals surface area contributed by atoms with Gasteiger partial charge < -0.3 is 10.1 Å². The highest BCUT2D eigenvalue weighted by atomic mass is 16.5. The number of nitrogens with zero attached hydrogens (tertiary/aromatic N) is 1. The number of piperazine rings is 1. The Bertz CT molecular complexity index is 278. The molecule has 2 rings (SSSR count). The monoisotopic (exact) mass is 254 g/mol. The third kappa shape index (κ3) is 2.89. The molecule has 0 aromatic rings. The van der Waals surface area contributed by atoms with Crippen LogP contribution in [0.1, 0.15) is 47.0 Å². The van der Waals surface area contributed by atoms with Gasteiger partial charge in [-0.1, -0.05) is 13.8 Å². The summed E-state index contributed by atoms with van der Waals surface area (Å²) in [6.45, 7) is 11.6. The minimum Gasteiger partial charge on any atom is -0.380 e. The molecule has 1 N–H and O–H groups in total. The van der Waals surface area contributed by atoms with Crippen LogP contribution in [0.4, 0.5) is 0 Å². The maximum atomic E-state index is 5.71. The Morgan fingerprint density at radius 1 is 1.28 bits per heavy atom. The first-order chi connectivity index (χ1) is 8.44. The van der Waals surface area contributed by atoms with Crippen molar-refractivity contribution >= 4 is 0 Å². The molecule has 1 saturated carbocycles. The predicted octanol–water partition coefficient (Wildman–Crippen LogP) is 2.26. The molecule has 0 radical (unpaired) electrons. The molecule has 3 nitrogen and oxygen atoms in total. The Balaban J connectivity index is 2.14. The smallest absolute Gasteiger partial charge is 0.0726 e. The van der Waals surface area contributed by atoms with Gasteiger partial charge in [-0.3, -0.25) is 4.90 Å². The van der Waals surface area contributed by atoms with E-state index in [1.807, 2.05) is 7.11 Å². The quantitative estimate of drug-likeness (QED) is 0.836. The van der Waals surface area contributed by atoms with E-state index in [-0.39, 0.29) is 5.54 Å². The van der Waals surface area contributed by atoms with E-state index in [0.717, 1.165) is 13.1 Å². The van der Waals surface area contributed by atoms with Crippen LogP contribution in [0.3, 0.4) is 0 Å². The highest BCUT2D eigenvalue weighted by Crippen LogP contribution is 2.32. The van der Waals surface area contributed by atoms with Crippen molar-refractivity contribution in [3.63, 3.8) is 0 Å². The van der Waals surface area contributed by atoms with Gasteiger partial charge in [0, 0.05) is 37.8 Å². The summed E-state index contributed by atoms with van der Waals surface area (Å²) in [6.07, 6.45) is 4.30. The second kappa shape index (κ2) is 5.48. The molecule has 2 fully saturated rings. The molecule has 1 aliphatic carbocycles. The van der Waals surface area contributed by atoms with E-state index < -0.39 is 0 Å². The Kier molecular flexibility index (Phi) is 4.35. The van der Waals surface area contributed by atoms with Crippen LogP contribution in [0.15, 0.2) is 0 Å². The summed E-state index contributed by atoms with van der Waals surface area (Å²) in [5.41, 5.74) is 0.228. The summed E-state index contributed by atoms with van der Waals surface area (Å²) in [5.74, 6) is 0.701. The van der Waals surface area contributed by atoms with Crippen LogP contribution in [0.5, 0.6) is 0 Å². The van der Waals surface area contributed by atoms with Gasteiger partial charge in [-0.2, -0.15) is 0 Å². The molecule has 0 amide bonds. The van der Waals surface area contributed by atoms with Crippen LogP contribution in [0.2, 0.25) is 0 Å². The average molecular weight is 254 g/mol. The molecule has 1 aliphatic heterocycles. The standard InChI is InChI=1S/C15H30N2O/c1-11(2)13-9-16-15(3,4)10-17(13)12-7-6-8-14(12)18-5/h11-14,16H,6-10H2,1-5H3. The van der Waals surface area contributed by atoms with E-state index >= 15 is 0 Å². The van der Waals surface area contributed by atoms with Gasteiger partial charge >= 0.3 is 0 Å². The van der Waals surface area contributed by atoms with Crippen molar-refractivity contribution in [1.29, 1.82) is 0 Å². The van der Waals surface area contributed by atoms with Crippen LogP contribution in [-0.2, 0) is 4.74 Å². The summed E-state index contributed by atoms with van der Waals surface area (Å²) in [6, 6.07) is 1.28. The molecule has 0 aromatic carbocycles. The maximum absolute atomic E-state index is 5.71. The maximum Gasteiger partial charge on any atom is 0.0726 e. The number of rotatable bonds is 3. The van der Waals surface area contributed by atoms with Crippen LogP contribution in [0.25, 0.3) is 0 Å². The lowest BCUT2D eigenvalue weighted by Gasteiger charge is -2.50. The van der Waals surface area contributed by atoms with E-state index in [2.05, 4.69) is 37.9 Å². The SMILES string of the molecule is COC1CCCC1N1CC(C)(C)NCC1C(C)C. The first kappa shape index (κ1) is 14.3. The van der Waals surface area contributed by atoms with E-state index in [0.29, 0.717) is 24.1 Å². The van der Waals surface area contributed by atoms with Crippen molar-refractivity contribution in [2.75, 3.05) is 20.2 Å². The van der Waals surface area contributed by atoms with E-state index in [9.17, 15) is 0 Å². The molecule has 3 unspecified atom stereocenters. The number of hydrogen-bond acceptors (Lipinski definition) is 3. The fourth-order valence-corrected chi connectivity index (χ4v) is 3.67. The minimum atomic E-state index is 0.228. The van der Waals surface area contributed by atoms with Gasteiger partial charge in [-0.15, -0.1) is 0 Å². The molecule has 106 valence electrons. The van der Waals surface area contributed by atoms with Gasteiger partial charge in [0.15, 0.2) is 0 Å². The van der Waals surface area contributed by atoms with E-state index in [1.165, 1.54) is 19.3 Å². The molecular formula is C15H30N2O. The zero-order valence-corrected chi connectivity index (χ0v) is 12.7. The first-order valence-electron chi connectivity index (χ1n) is 7.48. The summed E-state index contributed by atoms with van der Waals surface area (Å²) in [7, 11) is 1.88. The van der Waals surface area contributed by atoms with Crippen molar-refractivity contribution < 1.29 is 4.74 Å². The van der Waals surface area contributed by atoms with Crippen LogP contribution in [0, 0.1) is 5.92 Å². The lowest BCUT2D eigenvalue weighted by atomic mass is 9.91. The molecule has 2 aliphatic rings. The van der Waals surface area contributed by atoms with Crippen molar-refractivity contribution in [1.82, 2.24) is 10.2 Å². The molecule has 1 saturated heterocycles. The Hall–Kier alpha value is -0.120. The van der Waals surface area contributed by atoms with Gasteiger partial charge in [0.05, 0.1) is 6.10 Å². The van der Waals surface area contributed by atoms with Gasteiger partial charge in [-0.05, 0) is 39.0 Å². The molecule has 3 heteroatoms. The number of nitrogens with one attached hydrogen (secondary N) is 1. The summed E-state index contributed by atoms with van der Waals surface area (Å²) >= 11 is 0. The Labute approximate surface area is 112 Å². The molecule has 0 spiro atoms. The average Bonchev–Trinajstić information content (AvgIpc) is 2.75. The third-order valence-corrected chi connectivity index (χ3v) is 4.71. The lowest BCUT2D eigenvalue weighted by molar-refractivity contribution is -0.0265. The molecule has 0 aromatic heterocycles. The van der Waals surface area contributed by atoms with Gasteiger partial charge in [0.25, 0.3) is 0 Å². The summed E-state index contributed by atoms with van der Waals surface area (Å²) in [4.78, 5) is 2.74. The van der Waals surface area contributed by atoms with Crippen molar-refractivity contribution in [2.24, 2.45) is 5.92 Å². The summed E-state index contributed by atoms with van der Waals surface area (Å²) in [5, 5.41) is 3.69.